The van der Waals surface area contributed by atoms with Crippen LogP contribution in [0.4, 0.5) is 4.39 Å². The van der Waals surface area contributed by atoms with Crippen molar-refractivity contribution in [3.05, 3.63) is 55.8 Å². The average molecular weight is 360 g/mol. The van der Waals surface area contributed by atoms with Crippen LogP contribution in [0.25, 0.3) is 0 Å². The number of methoxy groups -OCH3 is 1. The van der Waals surface area contributed by atoms with Gasteiger partial charge in [-0.3, -0.25) is 4.79 Å². The molecule has 0 saturated heterocycles. The minimum Gasteiger partial charge on any atom is -0.494 e. The summed E-state index contributed by atoms with van der Waals surface area (Å²) in [7, 11) is 1.40. The maximum Gasteiger partial charge on any atom is 0.268 e. The molecule has 1 aromatic carbocycles. The number of hydrogen-bond donors (Lipinski definition) is 0. The smallest absolute Gasteiger partial charge is 0.268 e. The lowest BCUT2D eigenvalue weighted by atomic mass is 10.2. The second-order valence-corrected chi connectivity index (χ2v) is 4.85. The van der Waals surface area contributed by atoms with Crippen molar-refractivity contribution in [2.75, 3.05) is 7.11 Å². The Balaban J connectivity index is 2.37. The first-order valence-corrected chi connectivity index (χ1v) is 6.23. The Hall–Kier alpha value is -1.44. The normalized spacial score (nSPS) is 10.4. The second kappa shape index (κ2) is 5.47. The van der Waals surface area contributed by atoms with Crippen LogP contribution in [0.1, 0.15) is 5.56 Å². The molecular weight excluding hydrogens is 350 g/mol. The van der Waals surface area contributed by atoms with E-state index in [2.05, 4.69) is 5.10 Å². The van der Waals surface area contributed by atoms with Gasteiger partial charge in [0, 0.05) is 15.2 Å². The second-order valence-electron chi connectivity index (χ2n) is 3.60. The predicted molar refractivity (Wildman–Crippen MR) is 73.3 cm³/mol. The Morgan fingerprint density at radius 1 is 1.50 bits per heavy atom. The van der Waals surface area contributed by atoms with E-state index in [-0.39, 0.29) is 17.9 Å². The molecule has 18 heavy (non-hydrogen) atoms. The van der Waals surface area contributed by atoms with Crippen molar-refractivity contribution in [3.8, 4) is 5.75 Å². The molecule has 0 spiro atoms. The first kappa shape index (κ1) is 13.0. The maximum absolute atomic E-state index is 13.9. The van der Waals surface area contributed by atoms with E-state index >= 15 is 0 Å². The van der Waals surface area contributed by atoms with E-state index in [1.54, 1.807) is 18.3 Å². The molecule has 0 unspecified atom stereocenters. The summed E-state index contributed by atoms with van der Waals surface area (Å²) in [5, 5.41) is 3.96. The Kier molecular flexibility index (Phi) is 3.95. The maximum atomic E-state index is 13.9. The molecule has 1 heterocycles. The van der Waals surface area contributed by atoms with Crippen LogP contribution in [0.15, 0.2) is 35.3 Å². The van der Waals surface area contributed by atoms with E-state index in [4.69, 9.17) is 4.74 Å². The number of halogens is 2. The van der Waals surface area contributed by atoms with Gasteiger partial charge in [0.25, 0.3) is 5.56 Å². The van der Waals surface area contributed by atoms with Crippen molar-refractivity contribution in [2.45, 2.75) is 6.54 Å². The van der Waals surface area contributed by atoms with Crippen molar-refractivity contribution in [1.29, 1.82) is 0 Å². The van der Waals surface area contributed by atoms with Gasteiger partial charge in [0.1, 0.15) is 0 Å². The molecule has 0 radical (unpaired) electrons. The van der Waals surface area contributed by atoms with E-state index in [1.807, 2.05) is 22.6 Å². The van der Waals surface area contributed by atoms with Gasteiger partial charge in [-0.15, -0.1) is 0 Å². The van der Waals surface area contributed by atoms with Gasteiger partial charge in [-0.05, 0) is 28.7 Å². The third-order valence-electron chi connectivity index (χ3n) is 2.42. The molecule has 94 valence electrons. The average Bonchev–Trinajstić information content (AvgIpc) is 2.35. The minimum atomic E-state index is -0.466. The first-order chi connectivity index (χ1) is 8.61. The van der Waals surface area contributed by atoms with Crippen LogP contribution in [0.3, 0.4) is 0 Å². The third-order valence-corrected chi connectivity index (χ3v) is 3.01. The van der Waals surface area contributed by atoms with Crippen LogP contribution in [0, 0.1) is 9.39 Å². The number of hydrogen-bond acceptors (Lipinski definition) is 3. The number of benzene rings is 1. The van der Waals surface area contributed by atoms with Crippen molar-refractivity contribution in [2.24, 2.45) is 0 Å². The van der Waals surface area contributed by atoms with Gasteiger partial charge in [0.2, 0.25) is 0 Å². The van der Waals surface area contributed by atoms with Gasteiger partial charge < -0.3 is 4.74 Å². The fraction of sp³-hybridized carbons (Fsp3) is 0.167. The molecule has 4 nitrogen and oxygen atoms in total. The monoisotopic (exact) mass is 360 g/mol. The van der Waals surface area contributed by atoms with Gasteiger partial charge in [0.05, 0.1) is 19.9 Å². The van der Waals surface area contributed by atoms with Crippen LogP contribution in [-0.2, 0) is 6.54 Å². The molecule has 2 rings (SSSR count). The molecule has 0 atom stereocenters. The highest BCUT2D eigenvalue weighted by Crippen LogP contribution is 2.20. The number of aromatic nitrogens is 2. The summed E-state index contributed by atoms with van der Waals surface area (Å²) >= 11 is 2.00. The van der Waals surface area contributed by atoms with Crippen LogP contribution in [-0.4, -0.2) is 16.9 Å². The molecule has 6 heteroatoms. The molecule has 2 aromatic rings. The van der Waals surface area contributed by atoms with E-state index in [1.165, 1.54) is 23.9 Å². The predicted octanol–water partition coefficient (Wildman–Crippen LogP) is 2.04. The highest BCUT2D eigenvalue weighted by molar-refractivity contribution is 14.1. The fourth-order valence-corrected chi connectivity index (χ4v) is 1.92. The quantitative estimate of drug-likeness (QED) is 0.787. The summed E-state index contributed by atoms with van der Waals surface area (Å²) in [5.41, 5.74) is 0.106. The summed E-state index contributed by atoms with van der Waals surface area (Å²) in [5.74, 6) is -0.307. The van der Waals surface area contributed by atoms with Crippen molar-refractivity contribution >= 4 is 22.6 Å². The zero-order valence-electron chi connectivity index (χ0n) is 9.56. The Bertz CT molecular complexity index is 628. The van der Waals surface area contributed by atoms with Crippen LogP contribution >= 0.6 is 22.6 Å². The van der Waals surface area contributed by atoms with E-state index < -0.39 is 5.82 Å². The molecule has 0 aliphatic rings. The minimum absolute atomic E-state index is 0.0821. The molecule has 0 aliphatic carbocycles. The highest BCUT2D eigenvalue weighted by atomic mass is 127. The molecule has 0 amide bonds. The van der Waals surface area contributed by atoms with E-state index in [9.17, 15) is 9.18 Å². The highest BCUT2D eigenvalue weighted by Gasteiger charge is 2.09. The van der Waals surface area contributed by atoms with Crippen LogP contribution in [0.2, 0.25) is 0 Å². The zero-order chi connectivity index (χ0) is 13.1. The summed E-state index contributed by atoms with van der Waals surface area (Å²) in [6, 6.07) is 6.26. The third kappa shape index (κ3) is 2.69. The lowest BCUT2D eigenvalue weighted by Crippen LogP contribution is -2.23. The lowest BCUT2D eigenvalue weighted by Gasteiger charge is -2.08. The standard InChI is InChI=1S/C12H10FIN2O2/c1-18-10-4-2-3-8(12(10)13)7-16-11(17)5-9(14)6-15-16/h2-6H,7H2,1H3. The molecule has 1 aromatic heterocycles. The molecule has 0 aliphatic heterocycles. The van der Waals surface area contributed by atoms with Gasteiger partial charge in [-0.25, -0.2) is 9.07 Å². The topological polar surface area (TPSA) is 44.1 Å². The molecule has 0 fully saturated rings. The summed E-state index contributed by atoms with van der Waals surface area (Å²) in [6.45, 7) is 0.0821. The number of rotatable bonds is 3. The van der Waals surface area contributed by atoms with Crippen LogP contribution < -0.4 is 10.3 Å². The lowest BCUT2D eigenvalue weighted by molar-refractivity contribution is 0.383. The Morgan fingerprint density at radius 2 is 2.28 bits per heavy atom. The van der Waals surface area contributed by atoms with E-state index in [0.717, 1.165) is 3.57 Å². The number of ether oxygens (including phenoxy) is 1. The van der Waals surface area contributed by atoms with Crippen molar-refractivity contribution in [3.63, 3.8) is 0 Å². The van der Waals surface area contributed by atoms with Gasteiger partial charge in [-0.2, -0.15) is 5.10 Å². The van der Waals surface area contributed by atoms with E-state index in [0.29, 0.717) is 5.56 Å². The van der Waals surface area contributed by atoms with Gasteiger partial charge in [-0.1, -0.05) is 12.1 Å². The van der Waals surface area contributed by atoms with Gasteiger partial charge >= 0.3 is 0 Å². The molecule has 0 N–H and O–H groups in total. The molecule has 0 saturated carbocycles. The number of nitrogens with zero attached hydrogens (tertiary/aromatic N) is 2. The van der Waals surface area contributed by atoms with Gasteiger partial charge in [0.15, 0.2) is 11.6 Å². The summed E-state index contributed by atoms with van der Waals surface area (Å²) in [4.78, 5) is 11.7. The largest absolute Gasteiger partial charge is 0.494 e. The SMILES string of the molecule is COc1cccc(Cn2ncc(I)cc2=O)c1F. The van der Waals surface area contributed by atoms with Crippen molar-refractivity contribution in [1.82, 2.24) is 9.78 Å². The molecular formula is C12H10FIN2O2. The summed E-state index contributed by atoms with van der Waals surface area (Å²) < 4.78 is 20.7. The zero-order valence-corrected chi connectivity index (χ0v) is 11.7. The first-order valence-electron chi connectivity index (χ1n) is 5.16. The fourth-order valence-electron chi connectivity index (χ4n) is 1.53. The Morgan fingerprint density at radius 3 is 2.94 bits per heavy atom. The summed E-state index contributed by atoms with van der Waals surface area (Å²) in [6.07, 6.45) is 1.56. The van der Waals surface area contributed by atoms with Crippen molar-refractivity contribution < 1.29 is 9.13 Å². The molecule has 0 bridgehead atoms. The van der Waals surface area contributed by atoms with Crippen LogP contribution in [0.5, 0.6) is 5.75 Å². The Labute approximate surface area is 117 Å².